The molecule has 0 N–H and O–H groups in total. The largest absolute Gasteiger partial charge is 0.481 e. The van der Waals surface area contributed by atoms with Gasteiger partial charge in [-0.1, -0.05) is 13.8 Å². The van der Waals surface area contributed by atoms with E-state index in [4.69, 9.17) is 9.47 Å². The fourth-order valence-corrected chi connectivity index (χ4v) is 2.97. The Morgan fingerprint density at radius 1 is 1.31 bits per heavy atom. The summed E-state index contributed by atoms with van der Waals surface area (Å²) in [6.45, 7) is 11.0. The third-order valence-corrected chi connectivity index (χ3v) is 4.05. The molecule has 7 heteroatoms. The first-order chi connectivity index (χ1) is 12.4. The minimum Gasteiger partial charge on any atom is -0.481 e. The normalized spacial score (nSPS) is 17.5. The van der Waals surface area contributed by atoms with Crippen LogP contribution in [-0.4, -0.2) is 51.4 Å². The maximum atomic E-state index is 12.3. The molecule has 1 fully saturated rings. The monoisotopic (exact) mass is 362 g/mol. The fraction of sp³-hybridized carbons (Fsp3) is 0.632. The van der Waals surface area contributed by atoms with Gasteiger partial charge in [-0.25, -0.2) is 9.78 Å². The molecular formula is C19H30N4O3. The SMILES string of the molecule is CC.COc1cc(C2CCCN(C(=O)OC(C)(C)C)C2)nc2ccnn12. The second-order valence-electron chi connectivity index (χ2n) is 7.09. The Bertz CT molecular complexity index is 736. The zero-order chi connectivity index (χ0) is 19.3. The Kier molecular flexibility index (Phi) is 6.45. The van der Waals surface area contributed by atoms with Crippen LogP contribution >= 0.6 is 0 Å². The average molecular weight is 362 g/mol. The van der Waals surface area contributed by atoms with Gasteiger partial charge in [-0.05, 0) is 33.6 Å². The Labute approximate surface area is 155 Å². The summed E-state index contributed by atoms with van der Waals surface area (Å²) < 4.78 is 12.6. The Morgan fingerprint density at radius 2 is 2.04 bits per heavy atom. The molecule has 0 bridgehead atoms. The number of carbonyl (C=O) groups excluding carboxylic acids is 1. The molecule has 144 valence electrons. The molecule has 1 aliphatic heterocycles. The standard InChI is InChI=1S/C17H24N4O3.C2H6/c1-17(2,3)24-16(22)20-9-5-6-12(11-20)13-10-15(23-4)21-14(19-13)7-8-18-21;1-2/h7-8,10,12H,5-6,9,11H2,1-4H3;1-2H3. The molecule has 1 unspecified atom stereocenters. The lowest BCUT2D eigenvalue weighted by atomic mass is 9.94. The number of carbonyl (C=O) groups is 1. The lowest BCUT2D eigenvalue weighted by Crippen LogP contribution is -2.42. The van der Waals surface area contributed by atoms with Crippen LogP contribution in [0.3, 0.4) is 0 Å². The fourth-order valence-electron chi connectivity index (χ4n) is 2.97. The number of nitrogens with zero attached hydrogens (tertiary/aromatic N) is 4. The van der Waals surface area contributed by atoms with Gasteiger partial charge < -0.3 is 14.4 Å². The van der Waals surface area contributed by atoms with Crippen LogP contribution in [0, 0.1) is 0 Å². The van der Waals surface area contributed by atoms with E-state index in [2.05, 4.69) is 10.1 Å². The number of piperidine rings is 1. The van der Waals surface area contributed by atoms with Crippen molar-refractivity contribution in [2.24, 2.45) is 0 Å². The molecule has 0 saturated carbocycles. The zero-order valence-electron chi connectivity index (χ0n) is 16.7. The minimum absolute atomic E-state index is 0.167. The summed E-state index contributed by atoms with van der Waals surface area (Å²) in [6.07, 6.45) is 3.35. The molecule has 0 spiro atoms. The Hall–Kier alpha value is -2.31. The van der Waals surface area contributed by atoms with Gasteiger partial charge >= 0.3 is 6.09 Å². The molecule has 7 nitrogen and oxygen atoms in total. The van der Waals surface area contributed by atoms with E-state index < -0.39 is 5.60 Å². The van der Waals surface area contributed by atoms with Crippen molar-refractivity contribution in [1.82, 2.24) is 19.5 Å². The first kappa shape index (κ1) is 20.0. The molecule has 3 rings (SSSR count). The van der Waals surface area contributed by atoms with Gasteiger partial charge in [-0.15, -0.1) is 0 Å². The summed E-state index contributed by atoms with van der Waals surface area (Å²) in [5, 5.41) is 4.20. The highest BCUT2D eigenvalue weighted by Gasteiger charge is 2.29. The van der Waals surface area contributed by atoms with Crippen LogP contribution in [0.2, 0.25) is 0 Å². The van der Waals surface area contributed by atoms with Gasteiger partial charge in [-0.2, -0.15) is 9.61 Å². The summed E-state index contributed by atoms with van der Waals surface area (Å²) >= 11 is 0. The van der Waals surface area contributed by atoms with E-state index >= 15 is 0 Å². The Morgan fingerprint density at radius 3 is 2.69 bits per heavy atom. The van der Waals surface area contributed by atoms with Crippen LogP contribution in [0.1, 0.15) is 59.1 Å². The predicted molar refractivity (Wildman–Crippen MR) is 101 cm³/mol. The van der Waals surface area contributed by atoms with Crippen molar-refractivity contribution in [2.75, 3.05) is 20.2 Å². The number of rotatable bonds is 2. The quantitative estimate of drug-likeness (QED) is 0.811. The summed E-state index contributed by atoms with van der Waals surface area (Å²) in [5.74, 6) is 0.814. The summed E-state index contributed by atoms with van der Waals surface area (Å²) in [7, 11) is 1.62. The molecule has 1 aliphatic rings. The van der Waals surface area contributed by atoms with Gasteiger partial charge in [0.15, 0.2) is 5.65 Å². The number of aromatic nitrogens is 3. The molecule has 1 atom stereocenters. The number of fused-ring (bicyclic) bond motifs is 1. The highest BCUT2D eigenvalue weighted by Crippen LogP contribution is 2.29. The van der Waals surface area contributed by atoms with Crippen LogP contribution in [0.5, 0.6) is 5.88 Å². The van der Waals surface area contributed by atoms with E-state index in [1.54, 1.807) is 22.7 Å². The van der Waals surface area contributed by atoms with Crippen molar-refractivity contribution < 1.29 is 14.3 Å². The van der Waals surface area contributed by atoms with Crippen molar-refractivity contribution in [1.29, 1.82) is 0 Å². The Balaban J connectivity index is 0.00000117. The van der Waals surface area contributed by atoms with Crippen LogP contribution in [0.4, 0.5) is 4.79 Å². The molecule has 0 aliphatic carbocycles. The molecule has 1 saturated heterocycles. The number of likely N-dealkylation sites (tertiary alicyclic amines) is 1. The molecular weight excluding hydrogens is 332 g/mol. The first-order valence-corrected chi connectivity index (χ1v) is 9.24. The van der Waals surface area contributed by atoms with E-state index in [1.165, 1.54) is 0 Å². The molecule has 0 radical (unpaired) electrons. The molecule has 3 heterocycles. The number of methoxy groups -OCH3 is 1. The molecule has 1 amide bonds. The number of hydrogen-bond donors (Lipinski definition) is 0. The van der Waals surface area contributed by atoms with Gasteiger partial charge in [0.25, 0.3) is 0 Å². The van der Waals surface area contributed by atoms with Gasteiger partial charge in [0.05, 0.1) is 19.0 Å². The van der Waals surface area contributed by atoms with Crippen molar-refractivity contribution in [2.45, 2.75) is 59.0 Å². The first-order valence-electron chi connectivity index (χ1n) is 9.24. The minimum atomic E-state index is -0.484. The topological polar surface area (TPSA) is 69.0 Å². The third kappa shape index (κ3) is 4.65. The summed E-state index contributed by atoms with van der Waals surface area (Å²) in [6, 6.07) is 3.75. The smallest absolute Gasteiger partial charge is 0.410 e. The van der Waals surface area contributed by atoms with Crippen molar-refractivity contribution >= 4 is 11.7 Å². The molecule has 2 aromatic rings. The molecule has 0 aromatic carbocycles. The third-order valence-electron chi connectivity index (χ3n) is 4.05. The predicted octanol–water partition coefficient (Wildman–Crippen LogP) is 3.88. The number of amides is 1. The molecule has 26 heavy (non-hydrogen) atoms. The van der Waals surface area contributed by atoms with Crippen molar-refractivity contribution in [3.63, 3.8) is 0 Å². The maximum Gasteiger partial charge on any atom is 0.410 e. The van der Waals surface area contributed by atoms with Crippen molar-refractivity contribution in [3.8, 4) is 5.88 Å². The van der Waals surface area contributed by atoms with Crippen molar-refractivity contribution in [3.05, 3.63) is 24.0 Å². The van der Waals surface area contributed by atoms with E-state index in [0.717, 1.165) is 30.7 Å². The van der Waals surface area contributed by atoms with Crippen LogP contribution in [-0.2, 0) is 4.74 Å². The van der Waals surface area contributed by atoms with Crippen LogP contribution in [0.15, 0.2) is 18.3 Å². The van der Waals surface area contributed by atoms with E-state index in [-0.39, 0.29) is 12.0 Å². The van der Waals surface area contributed by atoms with Crippen LogP contribution in [0.25, 0.3) is 5.65 Å². The lowest BCUT2D eigenvalue weighted by molar-refractivity contribution is 0.0197. The van der Waals surface area contributed by atoms with Gasteiger partial charge in [-0.3, -0.25) is 0 Å². The number of hydrogen-bond acceptors (Lipinski definition) is 5. The maximum absolute atomic E-state index is 12.3. The van der Waals surface area contributed by atoms with E-state index in [1.807, 2.05) is 46.8 Å². The lowest BCUT2D eigenvalue weighted by Gasteiger charge is -2.34. The van der Waals surface area contributed by atoms with E-state index in [9.17, 15) is 4.79 Å². The average Bonchev–Trinajstić information content (AvgIpc) is 3.10. The second kappa shape index (κ2) is 8.38. The van der Waals surface area contributed by atoms with Gasteiger partial charge in [0.2, 0.25) is 5.88 Å². The van der Waals surface area contributed by atoms with Gasteiger partial charge in [0, 0.05) is 31.1 Å². The molecule has 2 aromatic heterocycles. The summed E-state index contributed by atoms with van der Waals surface area (Å²) in [4.78, 5) is 18.8. The van der Waals surface area contributed by atoms with Gasteiger partial charge in [0.1, 0.15) is 5.60 Å². The number of ether oxygens (including phenoxy) is 2. The zero-order valence-corrected chi connectivity index (χ0v) is 16.7. The highest BCUT2D eigenvalue weighted by atomic mass is 16.6. The highest BCUT2D eigenvalue weighted by molar-refractivity contribution is 5.68. The van der Waals surface area contributed by atoms with E-state index in [0.29, 0.717) is 12.4 Å². The summed E-state index contributed by atoms with van der Waals surface area (Å²) in [5.41, 5.74) is 1.19. The second-order valence-corrected chi connectivity index (χ2v) is 7.09. The van der Waals surface area contributed by atoms with Crippen LogP contribution < -0.4 is 4.74 Å².